The summed E-state index contributed by atoms with van der Waals surface area (Å²) < 4.78 is 58.1. The highest BCUT2D eigenvalue weighted by atomic mass is 32.2. The molecule has 366 valence electrons. The average Bonchev–Trinajstić information content (AvgIpc) is 4.07. The maximum absolute atomic E-state index is 11.5. The standard InChI is InChI=1S/C8H17N.C8H16O2S.2C7H14O.C7H14.C6H13NO2S.C6H12O2/c1-8(2)9-6-4-3-5-7-9;1-7(2)11(9,10)8-5-3-4-6-8;1-6(2)8-7-4-3-5-7;1-5(2)7(8)6-3-4-6;1-6(2)7-4-3-5-7;1-5(2)10(8,9)7-6-3-4-6;1-5(2)6(7)3-8-4-6/h8H,3-7H2,1-2H3;7-8H,3-6H2,1-2H3;6-7H,3-5H2,1-2H3;5-8H,3-4H2,1-2H3;6-7H,3-5H2,1-2H3;5-7H,3-4H2,1-2H3;5,7H,3-4H2,1-2H3. The van der Waals surface area contributed by atoms with Crippen molar-refractivity contribution in [3.05, 3.63) is 0 Å². The Labute approximate surface area is 378 Å². The van der Waals surface area contributed by atoms with Crippen molar-refractivity contribution in [2.24, 2.45) is 29.6 Å². The molecule has 2 aliphatic heterocycles. The van der Waals surface area contributed by atoms with E-state index in [0.717, 1.165) is 56.4 Å². The molecule has 0 spiro atoms. The van der Waals surface area contributed by atoms with Gasteiger partial charge < -0.3 is 24.6 Å². The van der Waals surface area contributed by atoms with Gasteiger partial charge in [0.2, 0.25) is 10.0 Å². The number of ether oxygens (including phenoxy) is 2. The summed E-state index contributed by atoms with van der Waals surface area (Å²) in [6.07, 6.45) is 22.2. The molecule has 1 atom stereocenters. The number of sulfonamides is 1. The number of hydrogen-bond acceptors (Lipinski definition) is 9. The minimum Gasteiger partial charge on any atom is -0.393 e. The van der Waals surface area contributed by atoms with Crippen LogP contribution in [0.4, 0.5) is 0 Å². The molecule has 0 amide bonds. The maximum Gasteiger partial charge on any atom is 0.214 e. The van der Waals surface area contributed by atoms with Gasteiger partial charge in [-0.2, -0.15) is 0 Å². The van der Waals surface area contributed by atoms with Crippen molar-refractivity contribution in [1.29, 1.82) is 0 Å². The Hall–Kier alpha value is -0.340. The lowest BCUT2D eigenvalue weighted by Crippen LogP contribution is -2.53. The van der Waals surface area contributed by atoms with Gasteiger partial charge in [-0.1, -0.05) is 80.1 Å². The molecule has 12 heteroatoms. The van der Waals surface area contributed by atoms with E-state index >= 15 is 0 Å². The minimum absolute atomic E-state index is 0.0185. The number of nitrogens with zero attached hydrogens (tertiary/aromatic N) is 1. The molecule has 1 unspecified atom stereocenters. The summed E-state index contributed by atoms with van der Waals surface area (Å²) in [6, 6.07) is 1.01. The Bertz CT molecular complexity index is 1320. The molecule has 0 aromatic carbocycles. The number of piperidine rings is 1. The van der Waals surface area contributed by atoms with E-state index in [1.807, 2.05) is 13.8 Å². The SMILES string of the molecule is CC(C)C(O)C1CC1.CC(C)C1(O)COC1.CC(C)C1CCC1.CC(C)N1CCCCC1.CC(C)OC1CCC1.CC(C)S(=O)(=O)C1CCCC1.CC(C)S(=O)(=O)NC1CC1. The lowest BCUT2D eigenvalue weighted by atomic mass is 9.78. The molecule has 5 saturated carbocycles. The number of aliphatic hydroxyl groups excluding tert-OH is 1. The first-order valence-electron chi connectivity index (χ1n) is 24.9. The number of hydrogen-bond donors (Lipinski definition) is 3. The van der Waals surface area contributed by atoms with Crippen molar-refractivity contribution in [2.45, 2.75) is 258 Å². The summed E-state index contributed by atoms with van der Waals surface area (Å²) in [5.41, 5.74) is -0.500. The zero-order chi connectivity index (χ0) is 46.6. The molecule has 61 heavy (non-hydrogen) atoms. The Morgan fingerprint density at radius 1 is 0.623 bits per heavy atom. The predicted molar refractivity (Wildman–Crippen MR) is 257 cm³/mol. The van der Waals surface area contributed by atoms with Crippen LogP contribution in [0, 0.1) is 29.6 Å². The summed E-state index contributed by atoms with van der Waals surface area (Å²) in [6.45, 7) is 32.2. The van der Waals surface area contributed by atoms with Crippen LogP contribution >= 0.6 is 0 Å². The van der Waals surface area contributed by atoms with E-state index in [-0.39, 0.29) is 27.9 Å². The van der Waals surface area contributed by atoms with E-state index in [1.165, 1.54) is 83.7 Å². The monoisotopic (exact) mass is 909 g/mol. The summed E-state index contributed by atoms with van der Waals surface area (Å²) in [5, 5.41) is 18.1. The zero-order valence-electron chi connectivity index (χ0n) is 42.0. The topological polar surface area (TPSA) is 142 Å². The molecule has 7 fully saturated rings. The number of nitrogens with one attached hydrogen (secondary N) is 1. The van der Waals surface area contributed by atoms with Gasteiger partial charge in [-0.3, -0.25) is 0 Å². The summed E-state index contributed by atoms with van der Waals surface area (Å²) in [7, 11) is -5.76. The van der Waals surface area contributed by atoms with E-state index < -0.39 is 25.5 Å². The zero-order valence-corrected chi connectivity index (χ0v) is 43.6. The van der Waals surface area contributed by atoms with Crippen LogP contribution in [0.1, 0.15) is 206 Å². The predicted octanol–water partition coefficient (Wildman–Crippen LogP) is 10.3. The number of likely N-dealkylation sites (tertiary alicyclic amines) is 1. The van der Waals surface area contributed by atoms with Gasteiger partial charge in [0.05, 0.1) is 47.3 Å². The van der Waals surface area contributed by atoms with Crippen molar-refractivity contribution in [3.63, 3.8) is 0 Å². The third-order valence-electron chi connectivity index (χ3n) is 13.2. The third-order valence-corrected chi connectivity index (χ3v) is 17.9. The van der Waals surface area contributed by atoms with Gasteiger partial charge in [0.1, 0.15) is 5.60 Å². The first-order valence-corrected chi connectivity index (χ1v) is 28.1. The van der Waals surface area contributed by atoms with Gasteiger partial charge in [0.15, 0.2) is 9.84 Å². The lowest BCUT2D eigenvalue weighted by molar-refractivity contribution is -0.200. The second-order valence-electron chi connectivity index (χ2n) is 21.2. The van der Waals surface area contributed by atoms with Crippen LogP contribution in [0.15, 0.2) is 0 Å². The van der Waals surface area contributed by atoms with Crippen molar-refractivity contribution in [1.82, 2.24) is 9.62 Å². The molecule has 2 saturated heterocycles. The molecular formula is C49H100N2O8S2. The van der Waals surface area contributed by atoms with Crippen molar-refractivity contribution in [2.75, 3.05) is 26.3 Å². The molecule has 7 aliphatic rings. The Balaban J connectivity index is 0.000000357. The Morgan fingerprint density at radius 2 is 1.13 bits per heavy atom. The molecule has 7 rings (SSSR count). The number of rotatable bonds is 12. The van der Waals surface area contributed by atoms with E-state index in [4.69, 9.17) is 9.47 Å². The molecule has 0 aromatic rings. The smallest absolute Gasteiger partial charge is 0.214 e. The molecule has 0 bridgehead atoms. The number of sulfone groups is 1. The van der Waals surface area contributed by atoms with Crippen LogP contribution in [0.25, 0.3) is 0 Å². The highest BCUT2D eigenvalue weighted by molar-refractivity contribution is 7.92. The largest absolute Gasteiger partial charge is 0.393 e. The summed E-state index contributed by atoms with van der Waals surface area (Å²) in [5.74, 6) is 3.47. The van der Waals surface area contributed by atoms with Crippen LogP contribution in [0.3, 0.4) is 0 Å². The van der Waals surface area contributed by atoms with Gasteiger partial charge in [0, 0.05) is 12.1 Å². The lowest BCUT2D eigenvalue weighted by Gasteiger charge is -2.39. The highest BCUT2D eigenvalue weighted by Crippen LogP contribution is 2.35. The van der Waals surface area contributed by atoms with Crippen LogP contribution < -0.4 is 4.72 Å². The quantitative estimate of drug-likeness (QED) is 0.174. The minimum atomic E-state index is -2.98. The fraction of sp³-hybridized carbons (Fsp3) is 1.00. The Morgan fingerprint density at radius 3 is 1.33 bits per heavy atom. The van der Waals surface area contributed by atoms with E-state index in [2.05, 4.69) is 65.0 Å². The van der Waals surface area contributed by atoms with E-state index in [1.54, 1.807) is 27.7 Å². The van der Waals surface area contributed by atoms with Crippen LogP contribution in [-0.4, -0.2) is 110 Å². The van der Waals surface area contributed by atoms with Crippen LogP contribution in [0.5, 0.6) is 0 Å². The summed E-state index contributed by atoms with van der Waals surface area (Å²) in [4.78, 5) is 2.56. The third kappa shape index (κ3) is 24.7. The first kappa shape index (κ1) is 58.7. The fourth-order valence-electron chi connectivity index (χ4n) is 7.23. The summed E-state index contributed by atoms with van der Waals surface area (Å²) >= 11 is 0. The van der Waals surface area contributed by atoms with Gasteiger partial charge in [-0.15, -0.1) is 0 Å². The van der Waals surface area contributed by atoms with Crippen molar-refractivity contribution >= 4 is 19.9 Å². The molecule has 3 N–H and O–H groups in total. The van der Waals surface area contributed by atoms with E-state index in [0.29, 0.717) is 43.2 Å². The van der Waals surface area contributed by atoms with E-state index in [9.17, 15) is 27.0 Å². The second-order valence-corrected chi connectivity index (χ2v) is 26.3. The normalized spacial score (nSPS) is 22.4. The van der Waals surface area contributed by atoms with Gasteiger partial charge in [0.25, 0.3) is 0 Å². The van der Waals surface area contributed by atoms with Gasteiger partial charge in [-0.05, 0) is 169 Å². The molecule has 10 nitrogen and oxygen atoms in total. The highest BCUT2D eigenvalue weighted by Gasteiger charge is 2.39. The fourth-order valence-corrected chi connectivity index (χ4v) is 9.96. The Kier molecular flexibility index (Phi) is 28.2. The molecular weight excluding hydrogens is 809 g/mol. The van der Waals surface area contributed by atoms with Crippen LogP contribution in [0.2, 0.25) is 0 Å². The van der Waals surface area contributed by atoms with Gasteiger partial charge >= 0.3 is 0 Å². The van der Waals surface area contributed by atoms with Gasteiger partial charge in [-0.25, -0.2) is 21.6 Å². The first-order chi connectivity index (χ1) is 28.3. The molecule has 0 radical (unpaired) electrons. The molecule has 0 aromatic heterocycles. The second kappa shape index (κ2) is 29.3. The van der Waals surface area contributed by atoms with Crippen LogP contribution in [-0.2, 0) is 29.3 Å². The maximum atomic E-state index is 11.5. The molecule has 2 heterocycles. The average molecular weight is 909 g/mol. The van der Waals surface area contributed by atoms with Crippen molar-refractivity contribution < 1.29 is 36.5 Å². The van der Waals surface area contributed by atoms with Crippen molar-refractivity contribution in [3.8, 4) is 0 Å². The molecule has 5 aliphatic carbocycles. The number of aliphatic hydroxyl groups is 2.